The normalized spacial score (nSPS) is 15.8. The third kappa shape index (κ3) is 9.26. The van der Waals surface area contributed by atoms with Gasteiger partial charge in [0, 0.05) is 89.0 Å². The van der Waals surface area contributed by atoms with Crippen molar-refractivity contribution < 1.29 is 36.8 Å². The summed E-state index contributed by atoms with van der Waals surface area (Å²) in [6.45, 7) is 9.84. The van der Waals surface area contributed by atoms with Gasteiger partial charge >= 0.3 is 0 Å². The van der Waals surface area contributed by atoms with Crippen molar-refractivity contribution in [2.75, 3.05) is 9.80 Å². The van der Waals surface area contributed by atoms with Crippen LogP contribution >= 0.6 is 0 Å². The predicted molar refractivity (Wildman–Crippen MR) is 368 cm³/mol. The molecule has 0 saturated carbocycles. The standard InChI is InChI=1S/C84H67N4O.Pt/c1-53-41-54(2)43-60(42-53)70-48-62(83(6,7)8)47-69(56-35-39-75-71(46-56)66-27-11-15-31-74(66)84(75)72-29-13-9-21-57(72)44-58-22-10-14-30-73(58)84)81(70)87-52-86(77-33-17-18-34-78(77)87)63-25-20-26-64(49-63)89-65-37-38-68-67-28-12-16-32-76(67)88(79(68)50-65)80-40-36-59(51-85-80)55-23-19-24-61(45-55)82(3,4)5;/h9-43,45-48,51-52H,44H2,1-8H3;/q-3;/i1D3,2D3,44D2;. The molecule has 0 unspecified atom stereocenters. The van der Waals surface area contributed by atoms with Gasteiger partial charge in [-0.3, -0.25) is 0 Å². The number of fused-ring (bicyclic) bond motifs is 13. The maximum atomic E-state index is 9.68. The number of aromatic nitrogens is 2. The third-order valence-corrected chi connectivity index (χ3v) is 18.2. The summed E-state index contributed by atoms with van der Waals surface area (Å²) in [5.41, 5.74) is 17.5. The van der Waals surface area contributed by atoms with E-state index in [1.54, 1.807) is 12.1 Å². The van der Waals surface area contributed by atoms with E-state index in [0.717, 1.165) is 100 Å². The van der Waals surface area contributed by atoms with Crippen LogP contribution in [0.2, 0.25) is 0 Å². The molecule has 1 spiro atoms. The first-order chi connectivity index (χ1) is 46.3. The second-order valence-corrected chi connectivity index (χ2v) is 25.8. The number of hydrogen-bond donors (Lipinski definition) is 0. The summed E-state index contributed by atoms with van der Waals surface area (Å²) in [4.78, 5) is 9.28. The van der Waals surface area contributed by atoms with Crippen LogP contribution in [-0.4, -0.2) is 9.55 Å². The molecule has 6 heteroatoms. The molecule has 3 heterocycles. The van der Waals surface area contributed by atoms with E-state index in [4.69, 9.17) is 17.9 Å². The van der Waals surface area contributed by atoms with Gasteiger partial charge in [0.05, 0.1) is 5.41 Å². The van der Waals surface area contributed by atoms with Crippen LogP contribution in [0.4, 0.5) is 22.7 Å². The predicted octanol–water partition coefficient (Wildman–Crippen LogP) is 21.5. The molecule has 0 N–H and O–H groups in total. The van der Waals surface area contributed by atoms with Crippen LogP contribution in [0.3, 0.4) is 0 Å². The quantitative estimate of drug-likeness (QED) is 0.142. The molecule has 0 atom stereocenters. The largest absolute Gasteiger partial charge is 0.509 e. The molecule has 5 nitrogen and oxygen atoms in total. The van der Waals surface area contributed by atoms with Crippen molar-refractivity contribution in [1.82, 2.24) is 9.55 Å². The van der Waals surface area contributed by atoms with Gasteiger partial charge in [0.25, 0.3) is 0 Å². The van der Waals surface area contributed by atoms with Crippen molar-refractivity contribution in [2.24, 2.45) is 0 Å². The molecular weight excluding hydrogens is 1280 g/mol. The molecule has 0 bridgehead atoms. The smallest absolute Gasteiger partial charge is 0.135 e. The summed E-state index contributed by atoms with van der Waals surface area (Å²) in [7, 11) is 0. The number of nitrogens with zero attached hydrogens (tertiary/aromatic N) is 4. The average molecular weight is 1350 g/mol. The van der Waals surface area contributed by atoms with Crippen LogP contribution in [0.1, 0.15) is 108 Å². The van der Waals surface area contributed by atoms with Gasteiger partial charge < -0.3 is 19.1 Å². The minimum Gasteiger partial charge on any atom is -0.509 e. The fraction of sp³-hybridized carbons (Fsp3) is 0.143. The van der Waals surface area contributed by atoms with Gasteiger partial charge in [-0.15, -0.1) is 48.1 Å². The SMILES string of the molecule is [2H]C([2H])([2H])c1cc(-c2cc(C(C)(C)C)cc(-c3ccc4c(c3)-c3ccccc3C43c4ccccc4C([2H])([2H])c4ccccc43)c2N2[CH-]N(c3[c-]c(Oc4[c-]c5c(cc4)c4ccccc4n5-c4ccc(-c5cccc(C(C)(C)C)c5)cn4)ccc3)c3ccccc32)cc(C([2H])([2H])[2H])c1.[Pt]. The van der Waals surface area contributed by atoms with E-state index in [1.165, 1.54) is 11.6 Å². The number of rotatable bonds is 8. The summed E-state index contributed by atoms with van der Waals surface area (Å²) >= 11 is 0. The molecule has 1 aliphatic heterocycles. The van der Waals surface area contributed by atoms with Crippen molar-refractivity contribution in [3.05, 3.63) is 317 Å². The van der Waals surface area contributed by atoms with Gasteiger partial charge in [-0.1, -0.05) is 216 Å². The Balaban J connectivity index is 0.00000784. The molecule has 2 aromatic heterocycles. The second-order valence-electron chi connectivity index (χ2n) is 25.8. The molecule has 0 amide bonds. The average Bonchev–Trinajstić information content (AvgIpc) is 1.27. The van der Waals surface area contributed by atoms with Crippen LogP contribution < -0.4 is 14.5 Å². The van der Waals surface area contributed by atoms with Crippen LogP contribution in [0.25, 0.3) is 72.1 Å². The molecule has 0 saturated heterocycles. The number of aryl methyl sites for hydroxylation is 2. The zero-order valence-electron chi connectivity index (χ0n) is 58.7. The van der Waals surface area contributed by atoms with Crippen molar-refractivity contribution in [3.63, 3.8) is 0 Å². The molecule has 16 rings (SSSR count). The zero-order chi connectivity index (χ0) is 67.3. The van der Waals surface area contributed by atoms with E-state index in [2.05, 4.69) is 202 Å². The Morgan fingerprint density at radius 3 is 1.84 bits per heavy atom. The molecular formula is C84H67N4OPt-3. The first-order valence-corrected chi connectivity index (χ1v) is 30.4. The van der Waals surface area contributed by atoms with Crippen molar-refractivity contribution in [1.29, 1.82) is 0 Å². The van der Waals surface area contributed by atoms with Gasteiger partial charge in [0.1, 0.15) is 5.82 Å². The number of anilines is 4. The Morgan fingerprint density at radius 2 is 1.12 bits per heavy atom. The maximum absolute atomic E-state index is 9.68. The van der Waals surface area contributed by atoms with Crippen LogP contribution in [0, 0.1) is 32.5 Å². The maximum Gasteiger partial charge on any atom is 0.135 e. The number of ether oxygens (including phenoxy) is 1. The molecule has 90 heavy (non-hydrogen) atoms. The minimum atomic E-state index is -2.64. The molecule has 11 aromatic carbocycles. The Labute approximate surface area is 554 Å². The van der Waals surface area contributed by atoms with E-state index in [1.807, 2.05) is 97.8 Å². The number of benzene rings is 11. The first kappa shape index (κ1) is 48.4. The van der Waals surface area contributed by atoms with Crippen molar-refractivity contribution >= 4 is 44.6 Å². The first-order valence-electron chi connectivity index (χ1n) is 34.4. The van der Waals surface area contributed by atoms with Gasteiger partial charge in [-0.25, -0.2) is 4.98 Å². The summed E-state index contributed by atoms with van der Waals surface area (Å²) in [5, 5.41) is 2.06. The molecule has 0 radical (unpaired) electrons. The third-order valence-electron chi connectivity index (χ3n) is 18.2. The van der Waals surface area contributed by atoms with E-state index in [9.17, 15) is 2.74 Å². The van der Waals surface area contributed by atoms with E-state index < -0.39 is 30.9 Å². The topological polar surface area (TPSA) is 33.5 Å². The van der Waals surface area contributed by atoms with Crippen molar-refractivity contribution in [2.45, 2.75) is 77.9 Å². The van der Waals surface area contributed by atoms with Crippen LogP contribution in [0.5, 0.6) is 11.5 Å². The Morgan fingerprint density at radius 1 is 0.489 bits per heavy atom. The second kappa shape index (κ2) is 21.6. The van der Waals surface area contributed by atoms with Gasteiger partial charge in [0.2, 0.25) is 0 Å². The molecule has 442 valence electrons. The molecule has 0 fully saturated rings. The van der Waals surface area contributed by atoms with E-state index in [0.29, 0.717) is 45.1 Å². The molecule has 2 aliphatic carbocycles. The zero-order valence-corrected chi connectivity index (χ0v) is 53.0. The molecule has 13 aromatic rings. The van der Waals surface area contributed by atoms with Gasteiger partial charge in [-0.2, -0.15) is 12.1 Å². The van der Waals surface area contributed by atoms with E-state index in [-0.39, 0.29) is 37.6 Å². The summed E-state index contributed by atoms with van der Waals surface area (Å²) < 4.78 is 80.8. The summed E-state index contributed by atoms with van der Waals surface area (Å²) in [6, 6.07) is 86.1. The summed E-state index contributed by atoms with van der Waals surface area (Å²) in [5.74, 6) is 1.68. The monoisotopic (exact) mass is 1350 g/mol. The van der Waals surface area contributed by atoms with Crippen LogP contribution in [0.15, 0.2) is 243 Å². The van der Waals surface area contributed by atoms with Gasteiger partial charge in [0.15, 0.2) is 0 Å². The van der Waals surface area contributed by atoms with Crippen molar-refractivity contribution in [3.8, 4) is 61.8 Å². The fourth-order valence-corrected chi connectivity index (χ4v) is 14.0. The van der Waals surface area contributed by atoms with Crippen LogP contribution in [-0.2, 0) is 43.7 Å². The number of para-hydroxylation sites is 3. The fourth-order valence-electron chi connectivity index (χ4n) is 14.0. The molecule has 3 aliphatic rings. The Hall–Kier alpha value is -9.54. The number of pyridine rings is 1. The Bertz CT molecular complexity index is 5290. The van der Waals surface area contributed by atoms with E-state index >= 15 is 0 Å². The van der Waals surface area contributed by atoms with Gasteiger partial charge in [-0.05, 0) is 157 Å². The number of hydrogen-bond acceptors (Lipinski definition) is 4. The Kier molecular flexibility index (Phi) is 11.6. The minimum absolute atomic E-state index is 0. The summed E-state index contributed by atoms with van der Waals surface area (Å²) in [6.07, 6.45) is 0.170.